The van der Waals surface area contributed by atoms with E-state index in [-0.39, 0.29) is 28.2 Å². The molecule has 3 heterocycles. The largest absolute Gasteiger partial charge is 0.434 e. The topological polar surface area (TPSA) is 142 Å². The fourth-order valence-corrected chi connectivity index (χ4v) is 4.04. The van der Waals surface area contributed by atoms with E-state index in [0.717, 1.165) is 4.52 Å². The van der Waals surface area contributed by atoms with E-state index in [2.05, 4.69) is 20.5 Å². The molecular weight excluding hydrogens is 517 g/mol. The van der Waals surface area contributed by atoms with E-state index in [1.54, 1.807) is 31.2 Å². The van der Waals surface area contributed by atoms with Crippen molar-refractivity contribution in [2.45, 2.75) is 13.1 Å². The highest BCUT2D eigenvalue weighted by atomic mass is 19.4. The number of halogens is 3. The Hall–Kier alpha value is -5.27. The van der Waals surface area contributed by atoms with Crippen LogP contribution in [0.3, 0.4) is 0 Å². The van der Waals surface area contributed by atoms with E-state index >= 15 is 0 Å². The summed E-state index contributed by atoms with van der Waals surface area (Å²) in [4.78, 5) is 40.4. The van der Waals surface area contributed by atoms with Gasteiger partial charge in [-0.25, -0.2) is 23.5 Å². The van der Waals surface area contributed by atoms with Gasteiger partial charge in [-0.05, 0) is 43.3 Å². The van der Waals surface area contributed by atoms with Gasteiger partial charge in [-0.3, -0.25) is 9.59 Å². The average molecular weight is 536 g/mol. The molecule has 2 aromatic carbocycles. The van der Waals surface area contributed by atoms with Crippen LogP contribution in [0, 0.1) is 6.92 Å². The molecule has 198 valence electrons. The number of hydrogen-bond acceptors (Lipinski definition) is 6. The van der Waals surface area contributed by atoms with Crippen molar-refractivity contribution < 1.29 is 22.8 Å². The molecule has 5 aromatic rings. The third kappa shape index (κ3) is 4.74. The molecule has 0 saturated carbocycles. The highest BCUT2D eigenvalue weighted by Gasteiger charge is 2.35. The fourth-order valence-electron chi connectivity index (χ4n) is 4.04. The molecule has 0 unspecified atom stereocenters. The molecule has 3 aromatic heterocycles. The quantitative estimate of drug-likeness (QED) is 0.354. The number of nitrogens with zero attached hydrogens (tertiary/aromatic N) is 6. The van der Waals surface area contributed by atoms with Crippen molar-refractivity contribution in [3.05, 3.63) is 94.1 Å². The van der Waals surface area contributed by atoms with Gasteiger partial charge in [0.15, 0.2) is 11.4 Å². The summed E-state index contributed by atoms with van der Waals surface area (Å²) in [6.07, 6.45) is -4.16. The number of benzene rings is 2. The lowest BCUT2D eigenvalue weighted by molar-refractivity contribution is -0.141. The van der Waals surface area contributed by atoms with Crippen LogP contribution < -0.4 is 16.7 Å². The number of primary amides is 1. The summed E-state index contributed by atoms with van der Waals surface area (Å²) in [6.45, 7) is 1.68. The average Bonchev–Trinajstić information content (AvgIpc) is 3.43. The van der Waals surface area contributed by atoms with Crippen LogP contribution in [0.1, 0.15) is 32.4 Å². The smallest absolute Gasteiger partial charge is 0.366 e. The Labute approximate surface area is 217 Å². The summed E-state index contributed by atoms with van der Waals surface area (Å²) in [5.74, 6) is -1.20. The van der Waals surface area contributed by atoms with E-state index in [9.17, 15) is 27.6 Å². The number of aryl methyl sites for hydroxylation is 2. The fraction of sp³-hybridized carbons (Fsp3) is 0.120. The summed E-state index contributed by atoms with van der Waals surface area (Å²) in [5, 5.41) is 10.8. The van der Waals surface area contributed by atoms with Gasteiger partial charge in [0, 0.05) is 23.9 Å². The van der Waals surface area contributed by atoms with Crippen LogP contribution in [0.25, 0.3) is 22.5 Å². The van der Waals surface area contributed by atoms with Crippen molar-refractivity contribution in [2.75, 3.05) is 5.32 Å². The first-order valence-electron chi connectivity index (χ1n) is 11.3. The number of carbonyl (C=O) groups excluding carboxylic acids is 2. The van der Waals surface area contributed by atoms with Crippen molar-refractivity contribution in [1.29, 1.82) is 0 Å². The Morgan fingerprint density at radius 2 is 1.74 bits per heavy atom. The first-order chi connectivity index (χ1) is 18.4. The zero-order valence-corrected chi connectivity index (χ0v) is 20.4. The second-order valence-corrected chi connectivity index (χ2v) is 8.57. The Morgan fingerprint density at radius 1 is 1.03 bits per heavy atom. The molecule has 0 saturated heterocycles. The Balaban J connectivity index is 1.56. The number of aromatic nitrogens is 6. The minimum atomic E-state index is -4.85. The van der Waals surface area contributed by atoms with Gasteiger partial charge in [0.05, 0.1) is 23.1 Å². The monoisotopic (exact) mass is 536 g/mol. The summed E-state index contributed by atoms with van der Waals surface area (Å²) in [5.41, 5.74) is 4.67. The van der Waals surface area contributed by atoms with E-state index < -0.39 is 29.4 Å². The van der Waals surface area contributed by atoms with Gasteiger partial charge in [0.25, 0.3) is 5.91 Å². The summed E-state index contributed by atoms with van der Waals surface area (Å²) < 4.78 is 44.4. The molecule has 0 fully saturated rings. The molecule has 2 amide bonds. The summed E-state index contributed by atoms with van der Waals surface area (Å²) in [6, 6.07) is 13.6. The van der Waals surface area contributed by atoms with E-state index in [1.807, 2.05) is 0 Å². The van der Waals surface area contributed by atoms with Crippen LogP contribution in [0.15, 0.2) is 65.6 Å². The van der Waals surface area contributed by atoms with E-state index in [0.29, 0.717) is 23.3 Å². The first-order valence-corrected chi connectivity index (χ1v) is 11.3. The SMILES string of the molecule is Cc1nn(C)c(=O)n1-c1ccc(-c2cc3c(C(=O)Nc4cccc(C(N)=O)c4)nc(C(F)(F)F)cn3n2)cc1. The van der Waals surface area contributed by atoms with Gasteiger partial charge in [0.2, 0.25) is 5.91 Å². The lowest BCUT2D eigenvalue weighted by Gasteiger charge is -2.10. The van der Waals surface area contributed by atoms with Gasteiger partial charge < -0.3 is 11.1 Å². The molecule has 0 aliphatic rings. The minimum Gasteiger partial charge on any atom is -0.366 e. The predicted octanol–water partition coefficient (Wildman–Crippen LogP) is 2.96. The van der Waals surface area contributed by atoms with Gasteiger partial charge in [-0.1, -0.05) is 18.2 Å². The second kappa shape index (κ2) is 9.24. The van der Waals surface area contributed by atoms with Crippen molar-refractivity contribution in [3.8, 4) is 16.9 Å². The molecular formula is C25H19F3N8O3. The lowest BCUT2D eigenvalue weighted by Crippen LogP contribution is -2.21. The second-order valence-electron chi connectivity index (χ2n) is 8.57. The standard InChI is InChI=1S/C25H19F3N8O3/c1-13-32-34(2)24(39)36(13)17-8-6-14(7-9-17)18-11-19-21(31-20(25(26,27)28)12-35(19)33-18)23(38)30-16-5-3-4-15(10-16)22(29)37/h3-12H,1-2H3,(H2,29,37)(H,30,38). The maximum absolute atomic E-state index is 13.6. The van der Waals surface area contributed by atoms with Crippen LogP contribution >= 0.6 is 0 Å². The van der Waals surface area contributed by atoms with Crippen molar-refractivity contribution in [1.82, 2.24) is 28.9 Å². The third-order valence-electron chi connectivity index (χ3n) is 5.87. The molecule has 14 heteroatoms. The van der Waals surface area contributed by atoms with Crippen LogP contribution in [-0.2, 0) is 13.2 Å². The molecule has 39 heavy (non-hydrogen) atoms. The normalized spacial score (nSPS) is 11.6. The van der Waals surface area contributed by atoms with E-state index in [1.165, 1.54) is 46.6 Å². The number of rotatable bonds is 5. The summed E-state index contributed by atoms with van der Waals surface area (Å²) in [7, 11) is 1.53. The van der Waals surface area contributed by atoms with Crippen molar-refractivity contribution in [3.63, 3.8) is 0 Å². The number of nitrogens with one attached hydrogen (secondary N) is 1. The number of hydrogen-bond donors (Lipinski definition) is 2. The van der Waals surface area contributed by atoms with Gasteiger partial charge in [-0.2, -0.15) is 23.4 Å². The zero-order chi connectivity index (χ0) is 28.1. The Morgan fingerprint density at radius 3 is 2.36 bits per heavy atom. The molecule has 0 aliphatic carbocycles. The summed E-state index contributed by atoms with van der Waals surface area (Å²) >= 11 is 0. The predicted molar refractivity (Wildman–Crippen MR) is 133 cm³/mol. The van der Waals surface area contributed by atoms with Crippen LogP contribution in [0.4, 0.5) is 18.9 Å². The molecule has 0 radical (unpaired) electrons. The number of carbonyl (C=O) groups is 2. The maximum atomic E-state index is 13.6. The molecule has 0 atom stereocenters. The first kappa shape index (κ1) is 25.4. The van der Waals surface area contributed by atoms with Gasteiger partial charge >= 0.3 is 11.9 Å². The number of alkyl halides is 3. The number of anilines is 1. The highest BCUT2D eigenvalue weighted by molar-refractivity contribution is 6.08. The lowest BCUT2D eigenvalue weighted by atomic mass is 10.1. The molecule has 3 N–H and O–H groups in total. The van der Waals surface area contributed by atoms with Gasteiger partial charge in [-0.15, -0.1) is 0 Å². The molecule has 0 bridgehead atoms. The Kier molecular flexibility index (Phi) is 6.01. The number of fused-ring (bicyclic) bond motifs is 1. The van der Waals surface area contributed by atoms with Crippen molar-refractivity contribution >= 4 is 23.0 Å². The molecule has 0 spiro atoms. The van der Waals surface area contributed by atoms with E-state index in [4.69, 9.17) is 5.73 Å². The maximum Gasteiger partial charge on any atom is 0.434 e. The van der Waals surface area contributed by atoms with Gasteiger partial charge in [0.1, 0.15) is 5.82 Å². The highest BCUT2D eigenvalue weighted by Crippen LogP contribution is 2.30. The number of nitrogens with two attached hydrogens (primary N) is 1. The third-order valence-corrected chi connectivity index (χ3v) is 5.87. The number of amides is 2. The van der Waals surface area contributed by atoms with Crippen LogP contribution in [-0.4, -0.2) is 40.8 Å². The minimum absolute atomic E-state index is 0.0185. The molecule has 5 rings (SSSR count). The van der Waals surface area contributed by atoms with Crippen molar-refractivity contribution in [2.24, 2.45) is 12.8 Å². The van der Waals surface area contributed by atoms with Crippen LogP contribution in [0.2, 0.25) is 0 Å². The Bertz CT molecular complexity index is 1820. The molecule has 0 aliphatic heterocycles. The zero-order valence-electron chi connectivity index (χ0n) is 20.4. The van der Waals surface area contributed by atoms with Crippen LogP contribution in [0.5, 0.6) is 0 Å². The molecule has 11 nitrogen and oxygen atoms in total.